The van der Waals surface area contributed by atoms with Crippen LogP contribution in [0.1, 0.15) is 19.4 Å². The fourth-order valence-corrected chi connectivity index (χ4v) is 2.52. The van der Waals surface area contributed by atoms with Crippen LogP contribution in [0.3, 0.4) is 0 Å². The maximum absolute atomic E-state index is 4.48. The molecule has 0 saturated heterocycles. The number of nitrogens with zero attached hydrogens (tertiary/aromatic N) is 2. The zero-order chi connectivity index (χ0) is 16.1. The molecule has 0 fully saturated rings. The summed E-state index contributed by atoms with van der Waals surface area (Å²) in [4.78, 5) is 8.62. The van der Waals surface area contributed by atoms with Gasteiger partial charge in [0.05, 0.1) is 0 Å². The number of aromatic nitrogens is 2. The van der Waals surface area contributed by atoms with Crippen LogP contribution < -0.4 is 5.32 Å². The molecule has 116 valence electrons. The molecule has 0 aliphatic carbocycles. The minimum Gasteiger partial charge on any atom is -0.340 e. The van der Waals surface area contributed by atoms with Crippen molar-refractivity contribution in [1.82, 2.24) is 9.97 Å². The summed E-state index contributed by atoms with van der Waals surface area (Å²) in [6, 6.07) is 16.6. The second-order valence-electron chi connectivity index (χ2n) is 6.09. The van der Waals surface area contributed by atoms with Gasteiger partial charge in [0.15, 0.2) is 0 Å². The Morgan fingerprint density at radius 1 is 0.913 bits per heavy atom. The third kappa shape index (κ3) is 4.16. The minimum atomic E-state index is 0.676. The van der Waals surface area contributed by atoms with Gasteiger partial charge >= 0.3 is 0 Å². The largest absolute Gasteiger partial charge is 0.340 e. The van der Waals surface area contributed by atoms with E-state index in [1.165, 1.54) is 5.56 Å². The molecule has 0 bridgehead atoms. The highest BCUT2D eigenvalue weighted by Crippen LogP contribution is 2.21. The van der Waals surface area contributed by atoms with Crippen LogP contribution in [0.15, 0.2) is 67.1 Å². The first-order valence-electron chi connectivity index (χ1n) is 7.93. The van der Waals surface area contributed by atoms with E-state index in [2.05, 4.69) is 59.5 Å². The number of benzene rings is 1. The standard InChI is InChI=1S/C20H21N3/c1-15(2)12-16-5-8-19(9-6-16)23-20-10-7-18(14-22-20)17-4-3-11-21-13-17/h3-11,13-15H,12H2,1-2H3,(H,22,23). The minimum absolute atomic E-state index is 0.676. The van der Waals surface area contributed by atoms with Crippen molar-refractivity contribution in [2.24, 2.45) is 5.92 Å². The van der Waals surface area contributed by atoms with Crippen LogP contribution in [-0.4, -0.2) is 9.97 Å². The molecule has 0 atom stereocenters. The molecule has 0 amide bonds. The van der Waals surface area contributed by atoms with Gasteiger partial charge < -0.3 is 5.32 Å². The van der Waals surface area contributed by atoms with Crippen LogP contribution in [-0.2, 0) is 6.42 Å². The van der Waals surface area contributed by atoms with Crippen LogP contribution in [0.5, 0.6) is 0 Å². The summed E-state index contributed by atoms with van der Waals surface area (Å²) >= 11 is 0. The Morgan fingerprint density at radius 3 is 2.30 bits per heavy atom. The predicted octanol–water partition coefficient (Wildman–Crippen LogP) is 5.09. The topological polar surface area (TPSA) is 37.8 Å². The number of pyridine rings is 2. The van der Waals surface area contributed by atoms with E-state index in [1.807, 2.05) is 30.6 Å². The average Bonchev–Trinajstić information content (AvgIpc) is 2.58. The Balaban J connectivity index is 1.68. The molecule has 0 aliphatic rings. The summed E-state index contributed by atoms with van der Waals surface area (Å²) in [6.45, 7) is 4.47. The molecule has 1 N–H and O–H groups in total. The first-order valence-corrected chi connectivity index (χ1v) is 7.93. The number of anilines is 2. The predicted molar refractivity (Wildman–Crippen MR) is 95.7 cm³/mol. The highest BCUT2D eigenvalue weighted by Gasteiger charge is 2.01. The highest BCUT2D eigenvalue weighted by atomic mass is 15.0. The quantitative estimate of drug-likeness (QED) is 0.713. The molecular formula is C20H21N3. The molecule has 0 radical (unpaired) electrons. The average molecular weight is 303 g/mol. The fourth-order valence-electron chi connectivity index (χ4n) is 2.52. The third-order valence-electron chi connectivity index (χ3n) is 3.63. The summed E-state index contributed by atoms with van der Waals surface area (Å²) in [5.41, 5.74) is 4.56. The number of nitrogens with one attached hydrogen (secondary N) is 1. The van der Waals surface area contributed by atoms with E-state index in [9.17, 15) is 0 Å². The number of hydrogen-bond acceptors (Lipinski definition) is 3. The van der Waals surface area contributed by atoms with E-state index in [-0.39, 0.29) is 0 Å². The molecule has 0 unspecified atom stereocenters. The van der Waals surface area contributed by atoms with E-state index in [1.54, 1.807) is 6.20 Å². The van der Waals surface area contributed by atoms with Crippen LogP contribution in [0.2, 0.25) is 0 Å². The van der Waals surface area contributed by atoms with Crippen molar-refractivity contribution in [3.05, 3.63) is 72.7 Å². The molecule has 23 heavy (non-hydrogen) atoms. The Kier molecular flexibility index (Phi) is 4.67. The first kappa shape index (κ1) is 15.2. The molecular weight excluding hydrogens is 282 g/mol. The van der Waals surface area contributed by atoms with Gasteiger partial charge in [-0.15, -0.1) is 0 Å². The van der Waals surface area contributed by atoms with Crippen molar-refractivity contribution in [2.45, 2.75) is 20.3 Å². The summed E-state index contributed by atoms with van der Waals surface area (Å²) in [5.74, 6) is 1.52. The summed E-state index contributed by atoms with van der Waals surface area (Å²) < 4.78 is 0. The first-order chi connectivity index (χ1) is 11.2. The van der Waals surface area contributed by atoms with Crippen LogP contribution in [0, 0.1) is 5.92 Å². The van der Waals surface area contributed by atoms with Gasteiger partial charge in [-0.2, -0.15) is 0 Å². The smallest absolute Gasteiger partial charge is 0.130 e. The van der Waals surface area contributed by atoms with E-state index in [0.717, 1.165) is 29.1 Å². The van der Waals surface area contributed by atoms with Gasteiger partial charge in [-0.1, -0.05) is 32.0 Å². The van der Waals surface area contributed by atoms with Gasteiger partial charge in [-0.25, -0.2) is 4.98 Å². The molecule has 2 aromatic heterocycles. The second-order valence-corrected chi connectivity index (χ2v) is 6.09. The normalized spacial score (nSPS) is 10.7. The molecule has 3 aromatic rings. The molecule has 3 heteroatoms. The number of rotatable bonds is 5. The van der Waals surface area contributed by atoms with Crippen molar-refractivity contribution >= 4 is 11.5 Å². The van der Waals surface area contributed by atoms with Crippen molar-refractivity contribution < 1.29 is 0 Å². The Bertz CT molecular complexity index is 732. The van der Waals surface area contributed by atoms with Gasteiger partial charge in [0.25, 0.3) is 0 Å². The van der Waals surface area contributed by atoms with Gasteiger partial charge in [-0.3, -0.25) is 4.98 Å². The van der Waals surface area contributed by atoms with Crippen molar-refractivity contribution in [2.75, 3.05) is 5.32 Å². The van der Waals surface area contributed by atoms with E-state index < -0.39 is 0 Å². The van der Waals surface area contributed by atoms with Crippen LogP contribution >= 0.6 is 0 Å². The third-order valence-corrected chi connectivity index (χ3v) is 3.63. The lowest BCUT2D eigenvalue weighted by atomic mass is 10.0. The molecule has 0 spiro atoms. The Morgan fingerprint density at radius 2 is 1.70 bits per heavy atom. The molecule has 1 aromatic carbocycles. The van der Waals surface area contributed by atoms with Crippen molar-refractivity contribution in [3.63, 3.8) is 0 Å². The summed E-state index contributed by atoms with van der Waals surface area (Å²) in [6.07, 6.45) is 6.60. The van der Waals surface area contributed by atoms with Crippen molar-refractivity contribution in [1.29, 1.82) is 0 Å². The zero-order valence-corrected chi connectivity index (χ0v) is 13.5. The lowest BCUT2D eigenvalue weighted by molar-refractivity contribution is 0.647. The lowest BCUT2D eigenvalue weighted by Crippen LogP contribution is -1.96. The molecule has 0 aliphatic heterocycles. The zero-order valence-electron chi connectivity index (χ0n) is 13.5. The van der Waals surface area contributed by atoms with Gasteiger partial charge in [0, 0.05) is 35.4 Å². The Hall–Kier alpha value is -2.68. The molecule has 3 rings (SSSR count). The van der Waals surface area contributed by atoms with E-state index >= 15 is 0 Å². The monoisotopic (exact) mass is 303 g/mol. The van der Waals surface area contributed by atoms with Crippen LogP contribution in [0.4, 0.5) is 11.5 Å². The van der Waals surface area contributed by atoms with E-state index in [0.29, 0.717) is 5.92 Å². The van der Waals surface area contributed by atoms with Gasteiger partial charge in [0.1, 0.15) is 5.82 Å². The summed E-state index contributed by atoms with van der Waals surface area (Å²) in [7, 11) is 0. The number of hydrogen-bond donors (Lipinski definition) is 1. The van der Waals surface area contributed by atoms with Gasteiger partial charge in [-0.05, 0) is 48.2 Å². The van der Waals surface area contributed by atoms with E-state index in [4.69, 9.17) is 0 Å². The maximum Gasteiger partial charge on any atom is 0.130 e. The van der Waals surface area contributed by atoms with Crippen molar-refractivity contribution in [3.8, 4) is 11.1 Å². The Labute approximate surface area is 137 Å². The molecule has 3 nitrogen and oxygen atoms in total. The second kappa shape index (κ2) is 7.05. The summed E-state index contributed by atoms with van der Waals surface area (Å²) in [5, 5.41) is 3.34. The van der Waals surface area contributed by atoms with Gasteiger partial charge in [0.2, 0.25) is 0 Å². The lowest BCUT2D eigenvalue weighted by Gasteiger charge is -2.09. The molecule has 2 heterocycles. The molecule has 0 saturated carbocycles. The van der Waals surface area contributed by atoms with Crippen LogP contribution in [0.25, 0.3) is 11.1 Å². The maximum atomic E-state index is 4.48. The SMILES string of the molecule is CC(C)Cc1ccc(Nc2ccc(-c3cccnc3)cn2)cc1. The fraction of sp³-hybridized carbons (Fsp3) is 0.200. The highest BCUT2D eigenvalue weighted by molar-refractivity contribution is 5.64.